The molecular formula is C11H13N2O6PS. The van der Waals surface area contributed by atoms with E-state index < -0.39 is 13.6 Å². The molecule has 0 saturated heterocycles. The van der Waals surface area contributed by atoms with E-state index in [1.165, 1.54) is 0 Å². The van der Waals surface area contributed by atoms with Gasteiger partial charge in [-0.1, -0.05) is 18.3 Å². The second kappa shape index (κ2) is 5.98. The Morgan fingerprint density at radius 2 is 2.29 bits per heavy atom. The molecule has 0 atom stereocenters. The number of nitrogens with zero attached hydrogens (tertiary/aromatic N) is 1. The first-order chi connectivity index (χ1) is 9.84. The van der Waals surface area contributed by atoms with Crippen molar-refractivity contribution in [1.29, 1.82) is 0 Å². The summed E-state index contributed by atoms with van der Waals surface area (Å²) < 4.78 is 21.5. The van der Waals surface area contributed by atoms with Crippen molar-refractivity contribution in [3.05, 3.63) is 17.2 Å². The number of carbonyl (C=O) groups is 1. The standard InChI is InChI=1S/C11H13N2O6PS/c1-2-4-19-10(14)9-7(13-11(12)21-9)8-6(3-5-18-8)20(15,16)17/h3,5H,2,4H2,1H3,(H2,12,13)(H2,15,16,17). The number of anilines is 1. The Hall–Kier alpha value is -1.67. The van der Waals surface area contributed by atoms with Gasteiger partial charge in [0, 0.05) is 0 Å². The summed E-state index contributed by atoms with van der Waals surface area (Å²) in [5.41, 5.74) is 5.55. The maximum Gasteiger partial charge on any atom is 0.360 e. The van der Waals surface area contributed by atoms with E-state index in [-0.39, 0.29) is 33.4 Å². The minimum atomic E-state index is -4.56. The van der Waals surface area contributed by atoms with Crippen LogP contribution >= 0.6 is 18.9 Å². The van der Waals surface area contributed by atoms with E-state index in [2.05, 4.69) is 4.98 Å². The molecule has 0 aliphatic rings. The lowest BCUT2D eigenvalue weighted by atomic mass is 10.3. The van der Waals surface area contributed by atoms with Gasteiger partial charge in [0.1, 0.15) is 15.9 Å². The minimum absolute atomic E-state index is 0.0260. The molecule has 0 radical (unpaired) electrons. The van der Waals surface area contributed by atoms with E-state index in [0.717, 1.165) is 23.7 Å². The van der Waals surface area contributed by atoms with Crippen LogP contribution < -0.4 is 11.0 Å². The van der Waals surface area contributed by atoms with Crippen molar-refractivity contribution < 1.29 is 28.3 Å². The van der Waals surface area contributed by atoms with Crippen LogP contribution in [0.3, 0.4) is 0 Å². The van der Waals surface area contributed by atoms with Crippen LogP contribution in [-0.2, 0) is 9.30 Å². The molecule has 4 N–H and O–H groups in total. The van der Waals surface area contributed by atoms with E-state index in [1.807, 2.05) is 6.92 Å². The number of esters is 1. The summed E-state index contributed by atoms with van der Waals surface area (Å²) in [7, 11) is -4.56. The third kappa shape index (κ3) is 3.33. The molecule has 114 valence electrons. The molecule has 0 saturated carbocycles. The minimum Gasteiger partial charge on any atom is -0.462 e. The fraction of sp³-hybridized carbons (Fsp3) is 0.273. The summed E-state index contributed by atoms with van der Waals surface area (Å²) in [6.45, 7) is 2.06. The first-order valence-corrected chi connectivity index (χ1v) is 8.35. The number of nitrogens with two attached hydrogens (primary N) is 1. The van der Waals surface area contributed by atoms with Gasteiger partial charge >= 0.3 is 13.6 Å². The number of carbonyl (C=O) groups excluding carboxylic acids is 1. The smallest absolute Gasteiger partial charge is 0.360 e. The predicted molar refractivity (Wildman–Crippen MR) is 76.5 cm³/mol. The number of hydrogen-bond donors (Lipinski definition) is 3. The van der Waals surface area contributed by atoms with Crippen molar-refractivity contribution in [3.8, 4) is 11.5 Å². The summed E-state index contributed by atoms with van der Waals surface area (Å²) in [5, 5.41) is -0.279. The highest BCUT2D eigenvalue weighted by Crippen LogP contribution is 2.40. The molecule has 8 nitrogen and oxygen atoms in total. The fourth-order valence-corrected chi connectivity index (χ4v) is 3.00. The van der Waals surface area contributed by atoms with Crippen molar-refractivity contribution in [1.82, 2.24) is 4.98 Å². The highest BCUT2D eigenvalue weighted by molar-refractivity contribution is 7.60. The molecule has 2 aromatic heterocycles. The zero-order valence-electron chi connectivity index (χ0n) is 11.0. The van der Waals surface area contributed by atoms with Crippen LogP contribution in [0.1, 0.15) is 23.0 Å². The second-order valence-corrected chi connectivity index (χ2v) is 6.65. The number of rotatable bonds is 5. The number of nitrogen functional groups attached to an aromatic ring is 1. The summed E-state index contributed by atoms with van der Waals surface area (Å²) >= 11 is 0.870. The average Bonchev–Trinajstić information content (AvgIpc) is 3.00. The van der Waals surface area contributed by atoms with Crippen LogP contribution in [-0.4, -0.2) is 27.3 Å². The topological polar surface area (TPSA) is 136 Å². The van der Waals surface area contributed by atoms with Crippen molar-refractivity contribution in [2.45, 2.75) is 13.3 Å². The van der Waals surface area contributed by atoms with E-state index in [9.17, 15) is 19.1 Å². The Morgan fingerprint density at radius 1 is 1.57 bits per heavy atom. The molecular weight excluding hydrogens is 319 g/mol. The third-order valence-corrected chi connectivity index (χ3v) is 4.28. The lowest BCUT2D eigenvalue weighted by Crippen LogP contribution is -2.09. The predicted octanol–water partition coefficient (Wildman–Crippen LogP) is 1.36. The molecule has 0 spiro atoms. The zero-order valence-corrected chi connectivity index (χ0v) is 12.7. The van der Waals surface area contributed by atoms with Gasteiger partial charge in [0.2, 0.25) is 0 Å². The van der Waals surface area contributed by atoms with Gasteiger partial charge in [0.05, 0.1) is 12.9 Å². The highest BCUT2D eigenvalue weighted by Gasteiger charge is 2.30. The Morgan fingerprint density at radius 3 is 2.90 bits per heavy atom. The van der Waals surface area contributed by atoms with E-state index in [4.69, 9.17) is 14.9 Å². The SMILES string of the molecule is CCCOC(=O)c1sc(N)nc1-c1occc1P(=O)(O)O. The average molecular weight is 332 g/mol. The Balaban J connectivity index is 2.48. The lowest BCUT2D eigenvalue weighted by molar-refractivity contribution is 0.0511. The van der Waals surface area contributed by atoms with Crippen molar-refractivity contribution in [3.63, 3.8) is 0 Å². The van der Waals surface area contributed by atoms with Crippen LogP contribution in [0.15, 0.2) is 16.7 Å². The van der Waals surface area contributed by atoms with Crippen molar-refractivity contribution in [2.24, 2.45) is 0 Å². The first kappa shape index (κ1) is 15.7. The van der Waals surface area contributed by atoms with Crippen molar-refractivity contribution >= 4 is 35.3 Å². The van der Waals surface area contributed by atoms with Crippen LogP contribution in [0, 0.1) is 0 Å². The number of hydrogen-bond acceptors (Lipinski definition) is 7. The maximum absolute atomic E-state index is 12.0. The lowest BCUT2D eigenvalue weighted by Gasteiger charge is -2.05. The molecule has 0 aliphatic carbocycles. The van der Waals surface area contributed by atoms with E-state index >= 15 is 0 Å². The Kier molecular flexibility index (Phi) is 4.48. The summed E-state index contributed by atoms with van der Waals surface area (Å²) in [6.07, 6.45) is 1.75. The maximum atomic E-state index is 12.0. The number of aromatic nitrogens is 1. The molecule has 0 bridgehead atoms. The summed E-state index contributed by atoms with van der Waals surface area (Å²) in [6, 6.07) is 1.13. The first-order valence-electron chi connectivity index (χ1n) is 5.92. The Bertz CT molecular complexity index is 703. The molecule has 0 unspecified atom stereocenters. The number of ether oxygens (including phenoxy) is 1. The van der Waals surface area contributed by atoms with Gasteiger partial charge < -0.3 is 24.7 Å². The summed E-state index contributed by atoms with van der Waals surface area (Å²) in [4.78, 5) is 34.5. The van der Waals surface area contributed by atoms with Gasteiger partial charge in [0.15, 0.2) is 10.9 Å². The quantitative estimate of drug-likeness (QED) is 0.551. The van der Waals surface area contributed by atoms with Gasteiger partial charge in [-0.3, -0.25) is 4.57 Å². The van der Waals surface area contributed by atoms with Crippen LogP contribution in [0.2, 0.25) is 0 Å². The molecule has 2 heterocycles. The molecule has 2 aromatic rings. The van der Waals surface area contributed by atoms with Gasteiger partial charge in [-0.2, -0.15) is 0 Å². The molecule has 0 aromatic carbocycles. The van der Waals surface area contributed by atoms with Crippen LogP contribution in [0.5, 0.6) is 0 Å². The fourth-order valence-electron chi connectivity index (χ4n) is 1.60. The molecule has 10 heteroatoms. The van der Waals surface area contributed by atoms with Gasteiger partial charge in [0.25, 0.3) is 0 Å². The zero-order chi connectivity index (χ0) is 15.6. The third-order valence-electron chi connectivity index (χ3n) is 2.44. The monoisotopic (exact) mass is 332 g/mol. The molecule has 0 aliphatic heterocycles. The number of thiazole rings is 1. The Labute approximate surface area is 123 Å². The molecule has 0 fully saturated rings. The molecule has 2 rings (SSSR count). The van der Waals surface area contributed by atoms with Crippen molar-refractivity contribution in [2.75, 3.05) is 12.3 Å². The normalized spacial score (nSPS) is 11.6. The van der Waals surface area contributed by atoms with Gasteiger partial charge in [-0.05, 0) is 12.5 Å². The van der Waals surface area contributed by atoms with Gasteiger partial charge in [-0.25, -0.2) is 9.78 Å². The summed E-state index contributed by atoms with van der Waals surface area (Å²) in [5.74, 6) is -0.839. The second-order valence-electron chi connectivity index (χ2n) is 4.04. The highest BCUT2D eigenvalue weighted by atomic mass is 32.1. The molecule has 0 amide bonds. The number of furan rings is 1. The molecule has 21 heavy (non-hydrogen) atoms. The van der Waals surface area contributed by atoms with E-state index in [0.29, 0.717) is 6.42 Å². The van der Waals surface area contributed by atoms with Crippen LogP contribution in [0.4, 0.5) is 5.13 Å². The van der Waals surface area contributed by atoms with E-state index in [1.54, 1.807) is 0 Å². The largest absolute Gasteiger partial charge is 0.462 e. The van der Waals surface area contributed by atoms with Gasteiger partial charge in [-0.15, -0.1) is 0 Å². The van der Waals surface area contributed by atoms with Crippen LogP contribution in [0.25, 0.3) is 11.5 Å².